The van der Waals surface area contributed by atoms with Crippen LogP contribution < -0.4 is 0 Å². The molecule has 0 bridgehead atoms. The maximum atomic E-state index is 6.08. The summed E-state index contributed by atoms with van der Waals surface area (Å²) in [5.74, 6) is 0. The van der Waals surface area contributed by atoms with Gasteiger partial charge < -0.3 is 4.74 Å². The molecule has 1 aliphatic rings. The first-order chi connectivity index (χ1) is 7.27. The summed E-state index contributed by atoms with van der Waals surface area (Å²) >= 11 is 8.39. The first-order valence-electron chi connectivity index (χ1n) is 5.00. The Labute approximate surface area is 109 Å². The van der Waals surface area contributed by atoms with Crippen LogP contribution in [0.1, 0.15) is 5.56 Å². The van der Waals surface area contributed by atoms with Gasteiger partial charge in [-0.3, -0.25) is 4.90 Å². The number of hydrogen-bond acceptors (Lipinski definition) is 2. The monoisotopic (exact) mass is 337 g/mol. The van der Waals surface area contributed by atoms with E-state index >= 15 is 0 Å². The third-order valence-electron chi connectivity index (χ3n) is 2.53. The van der Waals surface area contributed by atoms with Crippen LogP contribution in [-0.2, 0) is 11.3 Å². The molecule has 0 N–H and O–H groups in total. The molecule has 1 aromatic rings. The van der Waals surface area contributed by atoms with Gasteiger partial charge in [-0.2, -0.15) is 0 Å². The van der Waals surface area contributed by atoms with Crippen LogP contribution in [0.5, 0.6) is 0 Å². The Morgan fingerprint density at radius 3 is 2.80 bits per heavy atom. The maximum Gasteiger partial charge on any atom is 0.0594 e. The maximum absolute atomic E-state index is 6.08. The lowest BCUT2D eigenvalue weighted by Crippen LogP contribution is -2.35. The van der Waals surface area contributed by atoms with E-state index in [0.29, 0.717) is 0 Å². The number of nitrogens with zero attached hydrogens (tertiary/aromatic N) is 1. The van der Waals surface area contributed by atoms with Crippen LogP contribution in [0, 0.1) is 3.57 Å². The fourth-order valence-electron chi connectivity index (χ4n) is 1.67. The number of hydrogen-bond donors (Lipinski definition) is 0. The Balaban J connectivity index is 2.06. The lowest BCUT2D eigenvalue weighted by atomic mass is 10.2. The largest absolute Gasteiger partial charge is 0.379 e. The summed E-state index contributed by atoms with van der Waals surface area (Å²) in [5.41, 5.74) is 1.31. The summed E-state index contributed by atoms with van der Waals surface area (Å²) < 4.78 is 6.49. The van der Waals surface area contributed by atoms with Crippen molar-refractivity contribution in [2.45, 2.75) is 6.54 Å². The van der Waals surface area contributed by atoms with Crippen molar-refractivity contribution in [3.05, 3.63) is 32.4 Å². The van der Waals surface area contributed by atoms with Gasteiger partial charge in [-0.15, -0.1) is 0 Å². The third kappa shape index (κ3) is 3.06. The topological polar surface area (TPSA) is 12.5 Å². The second-order valence-corrected chi connectivity index (χ2v) is 5.09. The molecule has 1 saturated heterocycles. The van der Waals surface area contributed by atoms with Gasteiger partial charge in [-0.05, 0) is 34.2 Å². The summed E-state index contributed by atoms with van der Waals surface area (Å²) in [6.45, 7) is 4.70. The highest BCUT2D eigenvalue weighted by molar-refractivity contribution is 14.1. The van der Waals surface area contributed by atoms with Crippen LogP contribution in [0.4, 0.5) is 0 Å². The third-order valence-corrected chi connectivity index (χ3v) is 4.44. The first-order valence-corrected chi connectivity index (χ1v) is 6.46. The quantitative estimate of drug-likeness (QED) is 0.770. The fraction of sp³-hybridized carbons (Fsp3) is 0.455. The van der Waals surface area contributed by atoms with E-state index in [9.17, 15) is 0 Å². The molecule has 1 heterocycles. The average Bonchev–Trinajstić information content (AvgIpc) is 2.26. The molecule has 1 aliphatic heterocycles. The number of ether oxygens (including phenoxy) is 1. The van der Waals surface area contributed by atoms with Crippen molar-refractivity contribution in [3.8, 4) is 0 Å². The van der Waals surface area contributed by atoms with E-state index in [0.717, 1.165) is 37.9 Å². The van der Waals surface area contributed by atoms with Crippen LogP contribution in [0.15, 0.2) is 18.2 Å². The van der Waals surface area contributed by atoms with Crippen LogP contribution in [0.2, 0.25) is 5.02 Å². The number of rotatable bonds is 2. The van der Waals surface area contributed by atoms with Crippen molar-refractivity contribution in [2.75, 3.05) is 26.3 Å². The molecule has 0 radical (unpaired) electrons. The molecule has 0 saturated carbocycles. The van der Waals surface area contributed by atoms with Crippen LogP contribution >= 0.6 is 34.2 Å². The van der Waals surface area contributed by atoms with Crippen molar-refractivity contribution in [1.82, 2.24) is 4.90 Å². The van der Waals surface area contributed by atoms with Gasteiger partial charge in [-0.1, -0.05) is 23.7 Å². The van der Waals surface area contributed by atoms with Gasteiger partial charge in [-0.25, -0.2) is 0 Å². The zero-order valence-electron chi connectivity index (χ0n) is 8.38. The number of morpholine rings is 1. The van der Waals surface area contributed by atoms with Crippen LogP contribution in [0.3, 0.4) is 0 Å². The van der Waals surface area contributed by atoms with Gasteiger partial charge in [0.1, 0.15) is 0 Å². The molecule has 2 rings (SSSR count). The van der Waals surface area contributed by atoms with Gasteiger partial charge >= 0.3 is 0 Å². The molecule has 0 aliphatic carbocycles. The number of halogens is 2. The highest BCUT2D eigenvalue weighted by Gasteiger charge is 2.12. The van der Waals surface area contributed by atoms with Gasteiger partial charge in [0.05, 0.1) is 18.2 Å². The summed E-state index contributed by atoms with van der Waals surface area (Å²) in [6, 6.07) is 6.09. The predicted octanol–water partition coefficient (Wildman–Crippen LogP) is 2.78. The van der Waals surface area contributed by atoms with Gasteiger partial charge in [0.25, 0.3) is 0 Å². The average molecular weight is 338 g/mol. The Kier molecular flexibility index (Phi) is 4.25. The molecule has 0 unspecified atom stereocenters. The van der Waals surface area contributed by atoms with Crippen molar-refractivity contribution in [3.63, 3.8) is 0 Å². The first kappa shape index (κ1) is 11.6. The predicted molar refractivity (Wildman–Crippen MR) is 70.3 cm³/mol. The molecular formula is C11H13ClINO. The molecule has 1 aromatic carbocycles. The zero-order chi connectivity index (χ0) is 10.7. The van der Waals surface area contributed by atoms with E-state index in [2.05, 4.69) is 33.6 Å². The molecule has 0 aromatic heterocycles. The second-order valence-electron chi connectivity index (χ2n) is 3.60. The standard InChI is InChI=1S/C11H13ClINO/c12-10-3-1-2-9(11(10)13)8-14-4-6-15-7-5-14/h1-3H,4-8H2. The SMILES string of the molecule is Clc1cccc(CN2CCOCC2)c1I. The number of benzene rings is 1. The van der Waals surface area contributed by atoms with Crippen molar-refractivity contribution >= 4 is 34.2 Å². The van der Waals surface area contributed by atoms with Gasteiger partial charge in [0.2, 0.25) is 0 Å². The highest BCUT2D eigenvalue weighted by Crippen LogP contribution is 2.23. The Morgan fingerprint density at radius 2 is 2.07 bits per heavy atom. The lowest BCUT2D eigenvalue weighted by Gasteiger charge is -2.27. The van der Waals surface area contributed by atoms with E-state index in [1.165, 1.54) is 9.13 Å². The minimum atomic E-state index is 0.844. The highest BCUT2D eigenvalue weighted by atomic mass is 127. The second kappa shape index (κ2) is 5.48. The zero-order valence-corrected chi connectivity index (χ0v) is 11.3. The van der Waals surface area contributed by atoms with E-state index in [4.69, 9.17) is 16.3 Å². The molecule has 1 fully saturated rings. The van der Waals surface area contributed by atoms with Gasteiger partial charge in [0.15, 0.2) is 0 Å². The van der Waals surface area contributed by atoms with Crippen molar-refractivity contribution < 1.29 is 4.74 Å². The van der Waals surface area contributed by atoms with E-state index in [-0.39, 0.29) is 0 Å². The molecule has 0 spiro atoms. The summed E-state index contributed by atoms with van der Waals surface area (Å²) in [6.07, 6.45) is 0. The minimum absolute atomic E-state index is 0.844. The smallest absolute Gasteiger partial charge is 0.0594 e. The molecule has 4 heteroatoms. The van der Waals surface area contributed by atoms with Crippen LogP contribution in [-0.4, -0.2) is 31.2 Å². The summed E-state index contributed by atoms with van der Waals surface area (Å²) in [7, 11) is 0. The Hall–Kier alpha value is 0.160. The van der Waals surface area contributed by atoms with Crippen molar-refractivity contribution in [2.24, 2.45) is 0 Å². The fourth-order valence-corrected chi connectivity index (χ4v) is 2.40. The Bertz CT molecular complexity index is 339. The molecular weight excluding hydrogens is 324 g/mol. The van der Waals surface area contributed by atoms with E-state index in [1.54, 1.807) is 0 Å². The minimum Gasteiger partial charge on any atom is -0.379 e. The van der Waals surface area contributed by atoms with Gasteiger partial charge in [0, 0.05) is 23.2 Å². The van der Waals surface area contributed by atoms with E-state index in [1.807, 2.05) is 12.1 Å². The van der Waals surface area contributed by atoms with Crippen LogP contribution in [0.25, 0.3) is 0 Å². The molecule has 0 atom stereocenters. The molecule has 15 heavy (non-hydrogen) atoms. The Morgan fingerprint density at radius 1 is 1.33 bits per heavy atom. The normalized spacial score (nSPS) is 18.0. The summed E-state index contributed by atoms with van der Waals surface area (Å²) in [5, 5.41) is 0.848. The van der Waals surface area contributed by atoms with E-state index < -0.39 is 0 Å². The molecule has 2 nitrogen and oxygen atoms in total. The van der Waals surface area contributed by atoms with Crippen molar-refractivity contribution in [1.29, 1.82) is 0 Å². The molecule has 82 valence electrons. The molecule has 0 amide bonds. The lowest BCUT2D eigenvalue weighted by molar-refractivity contribution is 0.0341. The summed E-state index contributed by atoms with van der Waals surface area (Å²) in [4.78, 5) is 2.40.